The first kappa shape index (κ1) is 24.5. The number of carbonyl (C=O) groups excluding carboxylic acids is 1. The zero-order valence-corrected chi connectivity index (χ0v) is 22.2. The Hall–Kier alpha value is -3.86. The molecule has 1 saturated carbocycles. The molecule has 0 spiro atoms. The minimum Gasteiger partial charge on any atom is -0.496 e. The minimum absolute atomic E-state index is 0.146. The highest BCUT2D eigenvalue weighted by atomic mass is 16.5. The molecule has 4 aliphatic rings. The average Bonchev–Trinajstić information content (AvgIpc) is 3.38. The lowest BCUT2D eigenvalue weighted by Crippen LogP contribution is -2.60. The second kappa shape index (κ2) is 8.59. The normalized spacial score (nSPS) is 27.0. The van der Waals surface area contributed by atoms with Gasteiger partial charge in [0.15, 0.2) is 0 Å². The fourth-order valence-electron chi connectivity index (χ4n) is 7.83. The monoisotopic (exact) mass is 507 g/mol. The number of nitrogens with zero attached hydrogens (tertiary/aromatic N) is 1. The van der Waals surface area contributed by atoms with Crippen LogP contribution in [0.5, 0.6) is 5.75 Å². The first-order chi connectivity index (χ1) is 18.3. The molecule has 1 heterocycles. The Balaban J connectivity index is 1.51. The van der Waals surface area contributed by atoms with Crippen molar-refractivity contribution in [1.82, 2.24) is 4.90 Å². The van der Waals surface area contributed by atoms with Crippen LogP contribution in [-0.2, 0) is 15.0 Å². The summed E-state index contributed by atoms with van der Waals surface area (Å²) in [7, 11) is 1.57. The summed E-state index contributed by atoms with van der Waals surface area (Å²) in [5, 5.41) is 11.0. The van der Waals surface area contributed by atoms with Crippen molar-refractivity contribution >= 4 is 17.4 Å². The van der Waals surface area contributed by atoms with Crippen molar-refractivity contribution in [3.8, 4) is 5.75 Å². The predicted molar refractivity (Wildman–Crippen MR) is 147 cm³/mol. The number of methoxy groups -OCH3 is 1. The molecule has 5 heteroatoms. The van der Waals surface area contributed by atoms with E-state index in [2.05, 4.69) is 56.8 Å². The molecule has 7 rings (SSSR count). The Morgan fingerprint density at radius 2 is 1.76 bits per heavy atom. The highest BCUT2D eigenvalue weighted by Crippen LogP contribution is 2.69. The molecule has 3 aliphatic carbocycles. The van der Waals surface area contributed by atoms with Gasteiger partial charge in [-0.3, -0.25) is 9.59 Å². The Morgan fingerprint density at radius 1 is 1.03 bits per heavy atom. The Bertz CT molecular complexity index is 1490. The quantitative estimate of drug-likeness (QED) is 0.448. The second-order valence-corrected chi connectivity index (χ2v) is 11.2. The maximum Gasteiger partial charge on any atom is 0.312 e. The van der Waals surface area contributed by atoms with Crippen LogP contribution in [0.15, 0.2) is 73.3 Å². The summed E-state index contributed by atoms with van der Waals surface area (Å²) >= 11 is 0. The van der Waals surface area contributed by atoms with Crippen LogP contribution in [0.3, 0.4) is 0 Å². The van der Waals surface area contributed by atoms with Crippen molar-refractivity contribution < 1.29 is 19.4 Å². The lowest BCUT2D eigenvalue weighted by Gasteiger charge is -2.59. The Labute approximate surface area is 223 Å². The number of likely N-dealkylation sites (tertiary alicyclic amines) is 1. The van der Waals surface area contributed by atoms with Crippen molar-refractivity contribution in [3.05, 3.63) is 107 Å². The molecule has 1 saturated heterocycles. The number of carbonyl (C=O) groups is 2. The van der Waals surface area contributed by atoms with E-state index in [1.165, 1.54) is 16.7 Å². The van der Waals surface area contributed by atoms with E-state index in [-0.39, 0.29) is 24.3 Å². The van der Waals surface area contributed by atoms with E-state index in [0.717, 1.165) is 24.0 Å². The number of aliphatic carboxylic acids is 1. The van der Waals surface area contributed by atoms with Crippen LogP contribution >= 0.6 is 0 Å². The number of hydrogen-bond acceptors (Lipinski definition) is 3. The summed E-state index contributed by atoms with van der Waals surface area (Å²) in [5.41, 5.74) is 5.31. The third-order valence-electron chi connectivity index (χ3n) is 9.74. The fraction of sp³-hybridized carbons (Fsp3) is 0.333. The molecule has 5 nitrogen and oxygen atoms in total. The van der Waals surface area contributed by atoms with Crippen molar-refractivity contribution in [2.24, 2.45) is 11.3 Å². The van der Waals surface area contributed by atoms with Gasteiger partial charge in [-0.1, -0.05) is 67.2 Å². The number of carboxylic acids is 1. The summed E-state index contributed by atoms with van der Waals surface area (Å²) in [6.07, 6.45) is 1.65. The van der Waals surface area contributed by atoms with Gasteiger partial charge in [0.2, 0.25) is 0 Å². The molecule has 4 unspecified atom stereocenters. The van der Waals surface area contributed by atoms with Gasteiger partial charge in [-0.15, -0.1) is 0 Å². The van der Waals surface area contributed by atoms with E-state index in [0.29, 0.717) is 23.4 Å². The van der Waals surface area contributed by atoms with Crippen molar-refractivity contribution in [1.29, 1.82) is 0 Å². The van der Waals surface area contributed by atoms with E-state index in [1.54, 1.807) is 12.0 Å². The number of aryl methyl sites for hydroxylation is 2. The van der Waals surface area contributed by atoms with Gasteiger partial charge in [0.25, 0.3) is 5.91 Å². The molecule has 1 N–H and O–H groups in total. The third-order valence-corrected chi connectivity index (χ3v) is 9.74. The number of amides is 1. The summed E-state index contributed by atoms with van der Waals surface area (Å²) in [6, 6.07) is 22.3. The number of benzene rings is 3. The third kappa shape index (κ3) is 3.11. The zero-order chi connectivity index (χ0) is 26.8. The van der Waals surface area contributed by atoms with E-state index in [4.69, 9.17) is 4.74 Å². The molecule has 0 radical (unpaired) electrons. The predicted octanol–water partition coefficient (Wildman–Crippen LogP) is 5.73. The minimum atomic E-state index is -1.07. The molecule has 3 aromatic rings. The van der Waals surface area contributed by atoms with Gasteiger partial charge in [-0.25, -0.2) is 0 Å². The van der Waals surface area contributed by atoms with E-state index in [9.17, 15) is 14.7 Å². The Morgan fingerprint density at radius 3 is 2.50 bits per heavy atom. The molecule has 2 fully saturated rings. The van der Waals surface area contributed by atoms with Gasteiger partial charge in [0.1, 0.15) is 5.75 Å². The van der Waals surface area contributed by atoms with Crippen LogP contribution < -0.4 is 4.74 Å². The van der Waals surface area contributed by atoms with E-state index in [1.807, 2.05) is 30.3 Å². The van der Waals surface area contributed by atoms with Crippen LogP contribution in [0.25, 0.3) is 5.57 Å². The van der Waals surface area contributed by atoms with E-state index >= 15 is 0 Å². The number of para-hydroxylation sites is 1. The number of rotatable bonds is 5. The summed E-state index contributed by atoms with van der Waals surface area (Å²) < 4.78 is 5.49. The first-order valence-corrected chi connectivity index (χ1v) is 13.3. The lowest BCUT2D eigenvalue weighted by atomic mass is 9.42. The van der Waals surface area contributed by atoms with Gasteiger partial charge in [-0.05, 0) is 60.6 Å². The van der Waals surface area contributed by atoms with Crippen LogP contribution in [0.2, 0.25) is 0 Å². The molecule has 1 amide bonds. The number of carboxylic acid groups (broad SMARTS) is 1. The number of fused-ring (bicyclic) bond motifs is 1. The molecule has 3 aromatic carbocycles. The largest absolute Gasteiger partial charge is 0.496 e. The molecular formula is C33H33NO4. The van der Waals surface area contributed by atoms with Gasteiger partial charge in [-0.2, -0.15) is 0 Å². The molecule has 1 aliphatic heterocycles. The summed E-state index contributed by atoms with van der Waals surface area (Å²) in [6.45, 7) is 8.89. The molecule has 194 valence electrons. The number of hydrogen-bond donors (Lipinski definition) is 1. The lowest BCUT2D eigenvalue weighted by molar-refractivity contribution is -0.157. The molecule has 4 atom stereocenters. The molecular weight excluding hydrogens is 474 g/mol. The maximum absolute atomic E-state index is 13.9. The van der Waals surface area contributed by atoms with Crippen LogP contribution in [0.1, 0.15) is 52.1 Å². The standard InChI is InChI=1S/C33H33NO4/c1-20-13-14-23(17-21(20)2)32-16-15-27(25-10-5-7-11-26(25)32)33(31(36)37)19-34(18-29(32)33)30(35)22(3)24-9-6-8-12-28(24)38-4/h5-14,17,27,29H,3,15-16,18-19H2,1-2,4H3,(H,36,37). The van der Waals surface area contributed by atoms with Crippen LogP contribution in [0.4, 0.5) is 0 Å². The maximum atomic E-state index is 13.9. The average molecular weight is 508 g/mol. The van der Waals surface area contributed by atoms with Gasteiger partial charge < -0.3 is 14.7 Å². The molecule has 2 bridgehead atoms. The molecule has 38 heavy (non-hydrogen) atoms. The zero-order valence-electron chi connectivity index (χ0n) is 22.2. The van der Waals surface area contributed by atoms with Crippen LogP contribution in [-0.4, -0.2) is 42.1 Å². The smallest absolute Gasteiger partial charge is 0.312 e. The van der Waals surface area contributed by atoms with Crippen molar-refractivity contribution in [3.63, 3.8) is 0 Å². The van der Waals surface area contributed by atoms with Crippen molar-refractivity contribution in [2.45, 2.75) is 38.0 Å². The van der Waals surface area contributed by atoms with Crippen molar-refractivity contribution in [2.75, 3.05) is 20.2 Å². The first-order valence-electron chi connectivity index (χ1n) is 13.3. The van der Waals surface area contributed by atoms with Gasteiger partial charge >= 0.3 is 5.97 Å². The van der Waals surface area contributed by atoms with Gasteiger partial charge in [0, 0.05) is 41.5 Å². The highest BCUT2D eigenvalue weighted by Gasteiger charge is 2.70. The fourth-order valence-corrected chi connectivity index (χ4v) is 7.83. The second-order valence-electron chi connectivity index (χ2n) is 11.2. The topological polar surface area (TPSA) is 66.8 Å². The van der Waals surface area contributed by atoms with Gasteiger partial charge in [0.05, 0.1) is 12.5 Å². The van der Waals surface area contributed by atoms with Crippen LogP contribution in [0, 0.1) is 25.2 Å². The molecule has 0 aromatic heterocycles. The Kier molecular flexibility index (Phi) is 5.53. The van der Waals surface area contributed by atoms with E-state index < -0.39 is 16.8 Å². The SMILES string of the molecule is C=C(C(=O)N1CC2C3(c4ccc(C)c(C)c4)CCC(c4ccccc43)C2(C(=O)O)C1)c1ccccc1OC. The summed E-state index contributed by atoms with van der Waals surface area (Å²) in [5.74, 6) is -0.865. The highest BCUT2D eigenvalue weighted by molar-refractivity contribution is 6.19. The number of ether oxygens (including phenoxy) is 1. The summed E-state index contributed by atoms with van der Waals surface area (Å²) in [4.78, 5) is 29.1.